The Morgan fingerprint density at radius 2 is 2.24 bits per heavy atom. The Hall–Kier alpha value is -2.08. The molecular weight excluding hydrogens is 336 g/mol. The van der Waals surface area contributed by atoms with Crippen molar-refractivity contribution in [1.29, 1.82) is 0 Å². The van der Waals surface area contributed by atoms with Crippen LogP contribution in [0.5, 0.6) is 11.5 Å². The van der Waals surface area contributed by atoms with Gasteiger partial charge < -0.3 is 14.4 Å². The van der Waals surface area contributed by atoms with Gasteiger partial charge in [-0.05, 0) is 31.9 Å². The van der Waals surface area contributed by atoms with Crippen molar-refractivity contribution in [2.75, 3.05) is 26.8 Å². The van der Waals surface area contributed by atoms with Crippen LogP contribution in [-0.4, -0.2) is 42.6 Å². The number of thiazole rings is 1. The van der Waals surface area contributed by atoms with Gasteiger partial charge in [-0.2, -0.15) is 0 Å². The molecule has 3 rings (SSSR count). The van der Waals surface area contributed by atoms with Crippen molar-refractivity contribution in [1.82, 2.24) is 9.88 Å². The molecule has 2 heterocycles. The highest BCUT2D eigenvalue weighted by Crippen LogP contribution is 2.22. The Morgan fingerprint density at radius 1 is 1.40 bits per heavy atom. The molecule has 25 heavy (non-hydrogen) atoms. The van der Waals surface area contributed by atoms with Gasteiger partial charge in [0.1, 0.15) is 11.5 Å². The lowest BCUT2D eigenvalue weighted by Crippen LogP contribution is -2.42. The molecule has 1 aliphatic rings. The monoisotopic (exact) mass is 360 g/mol. The highest BCUT2D eigenvalue weighted by molar-refractivity contribution is 7.09. The number of likely N-dealkylation sites (tertiary alicyclic amines) is 1. The summed E-state index contributed by atoms with van der Waals surface area (Å²) in [6.45, 7) is 4.17. The summed E-state index contributed by atoms with van der Waals surface area (Å²) in [4.78, 5) is 18.9. The molecule has 134 valence electrons. The lowest BCUT2D eigenvalue weighted by Gasteiger charge is -2.32. The van der Waals surface area contributed by atoms with E-state index in [9.17, 15) is 4.79 Å². The summed E-state index contributed by atoms with van der Waals surface area (Å²) in [5.74, 6) is 2.12. The molecule has 1 aromatic heterocycles. The summed E-state index contributed by atoms with van der Waals surface area (Å²) in [5.41, 5.74) is 0.877. The molecule has 0 spiro atoms. The quantitative estimate of drug-likeness (QED) is 0.793. The fourth-order valence-corrected chi connectivity index (χ4v) is 3.70. The average molecular weight is 360 g/mol. The van der Waals surface area contributed by atoms with Crippen LogP contribution in [0.25, 0.3) is 0 Å². The first kappa shape index (κ1) is 17.7. The first-order valence-electron chi connectivity index (χ1n) is 8.59. The average Bonchev–Trinajstić information content (AvgIpc) is 3.05. The van der Waals surface area contributed by atoms with Crippen LogP contribution >= 0.6 is 11.3 Å². The molecule has 0 N–H and O–H groups in total. The number of piperidine rings is 1. The van der Waals surface area contributed by atoms with Gasteiger partial charge in [-0.3, -0.25) is 4.79 Å². The molecule has 1 unspecified atom stereocenters. The molecule has 1 aromatic carbocycles. The number of ether oxygens (including phenoxy) is 2. The molecule has 1 fully saturated rings. The van der Waals surface area contributed by atoms with Gasteiger partial charge >= 0.3 is 0 Å². The molecule has 0 radical (unpaired) electrons. The van der Waals surface area contributed by atoms with Crippen molar-refractivity contribution >= 4 is 17.2 Å². The first-order chi connectivity index (χ1) is 12.1. The van der Waals surface area contributed by atoms with Crippen LogP contribution in [0.15, 0.2) is 29.6 Å². The summed E-state index contributed by atoms with van der Waals surface area (Å²) in [5, 5.41) is 2.98. The van der Waals surface area contributed by atoms with Crippen molar-refractivity contribution in [3.63, 3.8) is 0 Å². The maximum atomic E-state index is 12.5. The van der Waals surface area contributed by atoms with Crippen LogP contribution in [0.1, 0.15) is 23.5 Å². The van der Waals surface area contributed by atoms with Gasteiger partial charge in [0.05, 0.1) is 30.8 Å². The minimum atomic E-state index is 0.163. The SMILES string of the molecule is COc1cccc(OCC2CCCN(C(=O)Cc3csc(C)n3)C2)c1. The van der Waals surface area contributed by atoms with Crippen LogP contribution in [-0.2, 0) is 11.2 Å². The van der Waals surface area contributed by atoms with Gasteiger partial charge in [-0.25, -0.2) is 4.98 Å². The van der Waals surface area contributed by atoms with Crippen LogP contribution < -0.4 is 9.47 Å². The van der Waals surface area contributed by atoms with Crippen LogP contribution in [0, 0.1) is 12.8 Å². The number of hydrogen-bond acceptors (Lipinski definition) is 5. The van der Waals surface area contributed by atoms with Crippen molar-refractivity contribution in [3.8, 4) is 11.5 Å². The standard InChI is InChI=1S/C19H24N2O3S/c1-14-20-16(13-25-14)9-19(22)21-8-4-5-15(11-21)12-24-18-7-3-6-17(10-18)23-2/h3,6-7,10,13,15H,4-5,8-9,11-12H2,1-2H3. The molecule has 1 amide bonds. The highest BCUT2D eigenvalue weighted by Gasteiger charge is 2.24. The molecule has 0 aliphatic carbocycles. The van der Waals surface area contributed by atoms with Crippen LogP contribution in [0.4, 0.5) is 0 Å². The highest BCUT2D eigenvalue weighted by atomic mass is 32.1. The Balaban J connectivity index is 1.51. The molecule has 6 heteroatoms. The predicted octanol–water partition coefficient (Wildman–Crippen LogP) is 3.32. The minimum absolute atomic E-state index is 0.163. The van der Waals surface area contributed by atoms with Crippen molar-refractivity contribution in [2.45, 2.75) is 26.2 Å². The third-order valence-electron chi connectivity index (χ3n) is 4.40. The zero-order chi connectivity index (χ0) is 17.6. The summed E-state index contributed by atoms with van der Waals surface area (Å²) in [6, 6.07) is 7.63. The number of benzene rings is 1. The second-order valence-electron chi connectivity index (χ2n) is 6.37. The number of methoxy groups -OCH3 is 1. The summed E-state index contributed by atoms with van der Waals surface area (Å²) < 4.78 is 11.1. The van der Waals surface area contributed by atoms with E-state index in [0.29, 0.717) is 18.9 Å². The molecule has 0 saturated carbocycles. The largest absolute Gasteiger partial charge is 0.497 e. The van der Waals surface area contributed by atoms with E-state index < -0.39 is 0 Å². The maximum Gasteiger partial charge on any atom is 0.228 e. The lowest BCUT2D eigenvalue weighted by molar-refractivity contribution is -0.132. The van der Waals surface area contributed by atoms with Crippen LogP contribution in [0.2, 0.25) is 0 Å². The smallest absolute Gasteiger partial charge is 0.228 e. The number of hydrogen-bond donors (Lipinski definition) is 0. The minimum Gasteiger partial charge on any atom is -0.497 e. The third kappa shape index (κ3) is 4.95. The van der Waals surface area contributed by atoms with E-state index in [-0.39, 0.29) is 5.91 Å². The molecule has 2 aromatic rings. The number of aromatic nitrogens is 1. The van der Waals surface area contributed by atoms with Crippen molar-refractivity contribution in [3.05, 3.63) is 40.3 Å². The van der Waals surface area contributed by atoms with E-state index in [1.165, 1.54) is 0 Å². The molecule has 5 nitrogen and oxygen atoms in total. The van der Waals surface area contributed by atoms with Gasteiger partial charge in [0, 0.05) is 30.5 Å². The summed E-state index contributed by atoms with van der Waals surface area (Å²) in [6.07, 6.45) is 2.51. The van der Waals surface area contributed by atoms with E-state index in [0.717, 1.165) is 48.1 Å². The molecule has 1 saturated heterocycles. The third-order valence-corrected chi connectivity index (χ3v) is 5.22. The maximum absolute atomic E-state index is 12.5. The number of nitrogens with zero attached hydrogens (tertiary/aromatic N) is 2. The van der Waals surface area contributed by atoms with Crippen molar-refractivity contribution in [2.24, 2.45) is 5.92 Å². The number of carbonyl (C=O) groups is 1. The van der Waals surface area contributed by atoms with Crippen LogP contribution in [0.3, 0.4) is 0 Å². The van der Waals surface area contributed by atoms with E-state index in [2.05, 4.69) is 4.98 Å². The fraction of sp³-hybridized carbons (Fsp3) is 0.474. The van der Waals surface area contributed by atoms with E-state index in [1.807, 2.05) is 41.5 Å². The van der Waals surface area contributed by atoms with Gasteiger partial charge in [0.2, 0.25) is 5.91 Å². The normalized spacial score (nSPS) is 17.4. The van der Waals surface area contributed by atoms with Gasteiger partial charge in [-0.15, -0.1) is 11.3 Å². The summed E-state index contributed by atoms with van der Waals surface area (Å²) >= 11 is 1.59. The van der Waals surface area contributed by atoms with E-state index in [1.54, 1.807) is 18.4 Å². The number of rotatable bonds is 6. The number of carbonyl (C=O) groups excluding carboxylic acids is 1. The second kappa shape index (κ2) is 8.34. The second-order valence-corrected chi connectivity index (χ2v) is 7.43. The zero-order valence-electron chi connectivity index (χ0n) is 14.7. The number of aryl methyl sites for hydroxylation is 1. The topological polar surface area (TPSA) is 51.7 Å². The Bertz CT molecular complexity index is 716. The Morgan fingerprint density at radius 3 is 3.00 bits per heavy atom. The van der Waals surface area contributed by atoms with E-state index in [4.69, 9.17) is 9.47 Å². The Kier molecular flexibility index (Phi) is 5.91. The van der Waals surface area contributed by atoms with Crippen molar-refractivity contribution < 1.29 is 14.3 Å². The lowest BCUT2D eigenvalue weighted by atomic mass is 9.98. The van der Waals surface area contributed by atoms with Gasteiger partial charge in [0.15, 0.2) is 0 Å². The fourth-order valence-electron chi connectivity index (χ4n) is 3.09. The Labute approximate surface area is 152 Å². The number of amides is 1. The molecular formula is C19H24N2O3S. The van der Waals surface area contributed by atoms with Gasteiger partial charge in [-0.1, -0.05) is 6.07 Å². The zero-order valence-corrected chi connectivity index (χ0v) is 15.6. The first-order valence-corrected chi connectivity index (χ1v) is 9.47. The van der Waals surface area contributed by atoms with Gasteiger partial charge in [0.25, 0.3) is 0 Å². The predicted molar refractivity (Wildman–Crippen MR) is 98.3 cm³/mol. The summed E-state index contributed by atoms with van der Waals surface area (Å²) in [7, 11) is 1.65. The molecule has 0 bridgehead atoms. The molecule has 1 atom stereocenters. The van der Waals surface area contributed by atoms with E-state index >= 15 is 0 Å². The molecule has 1 aliphatic heterocycles.